The van der Waals surface area contributed by atoms with Crippen molar-refractivity contribution in [2.75, 3.05) is 14.2 Å². The van der Waals surface area contributed by atoms with Gasteiger partial charge in [0.2, 0.25) is 0 Å². The molecule has 34 heavy (non-hydrogen) atoms. The SMILES string of the molecule is COc1ccc(C(=O)/C=C(\OB(c2ccccc2)c2ccccc2)c2ccc(OC)cc2)cc1. The maximum absolute atomic E-state index is 13.2. The molecule has 4 rings (SSSR count). The Hall–Kier alpha value is -4.25. The molecule has 4 aromatic rings. The number of carbonyl (C=O) groups excluding carboxylic acids is 1. The molecule has 0 spiro atoms. The van der Waals surface area contributed by atoms with Gasteiger partial charge in [0.15, 0.2) is 5.78 Å². The highest BCUT2D eigenvalue weighted by Gasteiger charge is 2.25. The van der Waals surface area contributed by atoms with Gasteiger partial charge in [-0.3, -0.25) is 4.79 Å². The van der Waals surface area contributed by atoms with E-state index in [1.54, 1.807) is 44.6 Å². The van der Waals surface area contributed by atoms with Crippen molar-refractivity contribution >= 4 is 29.4 Å². The van der Waals surface area contributed by atoms with Crippen LogP contribution in [-0.4, -0.2) is 26.9 Å². The van der Waals surface area contributed by atoms with E-state index >= 15 is 0 Å². The van der Waals surface area contributed by atoms with Gasteiger partial charge in [0.05, 0.1) is 14.2 Å². The van der Waals surface area contributed by atoms with Crippen LogP contribution >= 0.6 is 0 Å². The van der Waals surface area contributed by atoms with Crippen molar-refractivity contribution < 1.29 is 18.9 Å². The smallest absolute Gasteiger partial charge is 0.426 e. The molecule has 0 aliphatic carbocycles. The second-order valence-electron chi connectivity index (χ2n) is 7.65. The Morgan fingerprint density at radius 2 is 1.06 bits per heavy atom. The Balaban J connectivity index is 1.75. The Kier molecular flexibility index (Phi) is 7.46. The van der Waals surface area contributed by atoms with Gasteiger partial charge in [-0.2, -0.15) is 0 Å². The number of hydrogen-bond acceptors (Lipinski definition) is 4. The summed E-state index contributed by atoms with van der Waals surface area (Å²) in [5.74, 6) is 1.74. The zero-order chi connectivity index (χ0) is 23.8. The molecule has 0 fully saturated rings. The van der Waals surface area contributed by atoms with Crippen LogP contribution in [-0.2, 0) is 4.65 Å². The largest absolute Gasteiger partial charge is 0.551 e. The van der Waals surface area contributed by atoms with Gasteiger partial charge < -0.3 is 14.1 Å². The van der Waals surface area contributed by atoms with E-state index < -0.39 is 0 Å². The molecule has 0 radical (unpaired) electrons. The number of hydrogen-bond donors (Lipinski definition) is 0. The average molecular weight is 448 g/mol. The van der Waals surface area contributed by atoms with Crippen molar-refractivity contribution in [3.63, 3.8) is 0 Å². The van der Waals surface area contributed by atoms with E-state index in [1.165, 1.54) is 0 Å². The molecule has 5 heteroatoms. The Morgan fingerprint density at radius 1 is 0.618 bits per heavy atom. The third kappa shape index (κ3) is 5.56. The van der Waals surface area contributed by atoms with Gasteiger partial charge in [-0.15, -0.1) is 0 Å². The summed E-state index contributed by atoms with van der Waals surface area (Å²) in [4.78, 5) is 13.2. The first-order chi connectivity index (χ1) is 16.7. The van der Waals surface area contributed by atoms with Crippen LogP contribution < -0.4 is 20.4 Å². The maximum Gasteiger partial charge on any atom is 0.426 e. The van der Waals surface area contributed by atoms with Gasteiger partial charge in [-0.05, 0) is 59.5 Å². The minimum absolute atomic E-state index is 0.159. The fourth-order valence-corrected chi connectivity index (χ4v) is 3.61. The maximum atomic E-state index is 13.2. The number of benzene rings is 4. The molecule has 0 bridgehead atoms. The second-order valence-corrected chi connectivity index (χ2v) is 7.65. The predicted octanol–water partition coefficient (Wildman–Crippen LogP) is 4.75. The van der Waals surface area contributed by atoms with Crippen LogP contribution in [0.3, 0.4) is 0 Å². The topological polar surface area (TPSA) is 44.8 Å². The molecule has 0 saturated heterocycles. The van der Waals surface area contributed by atoms with E-state index in [1.807, 2.05) is 84.9 Å². The third-order valence-corrected chi connectivity index (χ3v) is 5.46. The highest BCUT2D eigenvalue weighted by atomic mass is 16.5. The molecule has 0 aromatic heterocycles. The summed E-state index contributed by atoms with van der Waals surface area (Å²) in [5, 5.41) is 0. The van der Waals surface area contributed by atoms with Crippen LogP contribution in [0, 0.1) is 0 Å². The van der Waals surface area contributed by atoms with Gasteiger partial charge >= 0.3 is 6.92 Å². The summed E-state index contributed by atoms with van der Waals surface area (Å²) in [6, 6.07) is 34.5. The normalized spacial score (nSPS) is 10.9. The number of allylic oxidation sites excluding steroid dienone is 1. The quantitative estimate of drug-likeness (QED) is 0.161. The van der Waals surface area contributed by atoms with Crippen LogP contribution in [0.15, 0.2) is 115 Å². The Morgan fingerprint density at radius 3 is 1.50 bits per heavy atom. The van der Waals surface area contributed by atoms with Crippen LogP contribution in [0.4, 0.5) is 0 Å². The fourth-order valence-electron chi connectivity index (χ4n) is 3.61. The molecule has 0 aliphatic rings. The van der Waals surface area contributed by atoms with E-state index in [2.05, 4.69) is 0 Å². The standard InChI is InChI=1S/C29H25BO4/c1-32-26-17-13-22(14-18-26)28(31)21-29(23-15-19-27(33-2)20-16-23)34-30(24-9-5-3-6-10-24)25-11-7-4-8-12-25/h3-21H,1-2H3/b29-21-. The highest BCUT2D eigenvalue weighted by Crippen LogP contribution is 2.22. The summed E-state index contributed by atoms with van der Waals surface area (Å²) in [5.41, 5.74) is 3.31. The molecule has 0 atom stereocenters. The molecule has 4 aromatic carbocycles. The predicted molar refractivity (Wildman–Crippen MR) is 137 cm³/mol. The number of rotatable bonds is 9. The first-order valence-electron chi connectivity index (χ1n) is 11.0. The minimum atomic E-state index is -0.389. The first-order valence-corrected chi connectivity index (χ1v) is 11.0. The number of ketones is 1. The average Bonchev–Trinajstić information content (AvgIpc) is 2.92. The van der Waals surface area contributed by atoms with Gasteiger partial charge in [0.1, 0.15) is 17.3 Å². The molecule has 4 nitrogen and oxygen atoms in total. The third-order valence-electron chi connectivity index (χ3n) is 5.46. The summed E-state index contributed by atoms with van der Waals surface area (Å²) in [6.07, 6.45) is 1.54. The highest BCUT2D eigenvalue weighted by molar-refractivity contribution is 6.80. The summed E-state index contributed by atoms with van der Waals surface area (Å²) in [7, 11) is 3.22. The molecule has 0 amide bonds. The fraction of sp³-hybridized carbons (Fsp3) is 0.0690. The van der Waals surface area contributed by atoms with Crippen LogP contribution in [0.5, 0.6) is 11.5 Å². The monoisotopic (exact) mass is 448 g/mol. The van der Waals surface area contributed by atoms with Gasteiger partial charge in [0.25, 0.3) is 0 Å². The molecule has 168 valence electrons. The Bertz CT molecular complexity index is 1200. The van der Waals surface area contributed by atoms with Crippen molar-refractivity contribution in [1.82, 2.24) is 0 Å². The molecule has 0 heterocycles. The van der Waals surface area contributed by atoms with E-state index in [-0.39, 0.29) is 12.7 Å². The van der Waals surface area contributed by atoms with E-state index in [0.29, 0.717) is 17.1 Å². The minimum Gasteiger partial charge on any atom is -0.551 e. The molecular weight excluding hydrogens is 423 g/mol. The lowest BCUT2D eigenvalue weighted by Crippen LogP contribution is -2.44. The van der Waals surface area contributed by atoms with Crippen LogP contribution in [0.2, 0.25) is 0 Å². The zero-order valence-corrected chi connectivity index (χ0v) is 19.2. The van der Waals surface area contributed by atoms with Crippen LogP contribution in [0.1, 0.15) is 15.9 Å². The number of carbonyl (C=O) groups is 1. The van der Waals surface area contributed by atoms with Crippen molar-refractivity contribution in [3.05, 3.63) is 126 Å². The van der Waals surface area contributed by atoms with Gasteiger partial charge in [-0.1, -0.05) is 60.7 Å². The summed E-state index contributed by atoms with van der Waals surface area (Å²) < 4.78 is 17.1. The molecular formula is C29H25BO4. The molecule has 0 N–H and O–H groups in total. The second kappa shape index (κ2) is 11.1. The van der Waals surface area contributed by atoms with Crippen molar-refractivity contribution in [2.24, 2.45) is 0 Å². The lowest BCUT2D eigenvalue weighted by atomic mass is 9.55. The zero-order valence-electron chi connectivity index (χ0n) is 19.2. The van der Waals surface area contributed by atoms with Crippen molar-refractivity contribution in [2.45, 2.75) is 0 Å². The molecule has 0 unspecified atom stereocenters. The Labute approximate surface area is 200 Å². The summed E-state index contributed by atoms with van der Waals surface area (Å²) in [6.45, 7) is -0.389. The van der Waals surface area contributed by atoms with E-state index in [4.69, 9.17) is 14.1 Å². The van der Waals surface area contributed by atoms with Gasteiger partial charge in [-0.25, -0.2) is 0 Å². The van der Waals surface area contributed by atoms with Crippen LogP contribution in [0.25, 0.3) is 5.76 Å². The lowest BCUT2D eigenvalue weighted by Gasteiger charge is -2.20. The van der Waals surface area contributed by atoms with E-state index in [9.17, 15) is 4.79 Å². The molecule has 0 aliphatic heterocycles. The molecule has 0 saturated carbocycles. The number of ether oxygens (including phenoxy) is 2. The first kappa shape index (κ1) is 22.9. The number of methoxy groups -OCH3 is 2. The summed E-state index contributed by atoms with van der Waals surface area (Å²) >= 11 is 0. The van der Waals surface area contributed by atoms with Gasteiger partial charge in [0, 0.05) is 17.2 Å². The van der Waals surface area contributed by atoms with Crippen molar-refractivity contribution in [3.8, 4) is 11.5 Å². The van der Waals surface area contributed by atoms with E-state index in [0.717, 1.165) is 22.2 Å². The van der Waals surface area contributed by atoms with Crippen molar-refractivity contribution in [1.29, 1.82) is 0 Å². The lowest BCUT2D eigenvalue weighted by molar-refractivity contribution is 0.104.